The van der Waals surface area contributed by atoms with Gasteiger partial charge in [0.2, 0.25) is 6.41 Å². The van der Waals surface area contributed by atoms with Crippen molar-refractivity contribution in [2.75, 3.05) is 27.3 Å². The molecule has 1 aromatic heterocycles. The Bertz CT molecular complexity index is 1510. The number of hydrogen-bond acceptors (Lipinski definition) is 7. The number of primary amides is 1. The average Bonchev–Trinajstić information content (AvgIpc) is 3.44. The minimum Gasteiger partial charge on any atom is -0.497 e. The van der Waals surface area contributed by atoms with E-state index in [9.17, 15) is 0 Å². The summed E-state index contributed by atoms with van der Waals surface area (Å²) in [7, 11) is 3.24. The fourth-order valence-electron chi connectivity index (χ4n) is 5.30. The van der Waals surface area contributed by atoms with E-state index < -0.39 is 5.54 Å². The topological polar surface area (TPSA) is 166 Å². The molecule has 45 heavy (non-hydrogen) atoms. The Morgan fingerprint density at radius 3 is 2.29 bits per heavy atom. The second-order valence-corrected chi connectivity index (χ2v) is 11.1. The summed E-state index contributed by atoms with van der Waals surface area (Å²) in [6.07, 6.45) is 5.68. The van der Waals surface area contributed by atoms with Crippen molar-refractivity contribution in [3.8, 4) is 11.5 Å². The maximum Gasteiger partial charge on any atom is 0.204 e. The zero-order valence-electron chi connectivity index (χ0n) is 26.6. The number of para-hydroxylation sites is 1. The van der Waals surface area contributed by atoms with E-state index in [2.05, 4.69) is 53.3 Å². The summed E-state index contributed by atoms with van der Waals surface area (Å²) in [6.45, 7) is 4.22. The number of fused-ring (bicyclic) bond motifs is 1. The summed E-state index contributed by atoms with van der Waals surface area (Å²) < 4.78 is 10.9. The highest BCUT2D eigenvalue weighted by molar-refractivity contribution is 5.98. The summed E-state index contributed by atoms with van der Waals surface area (Å²) in [5.41, 5.74) is 15.0. The van der Waals surface area contributed by atoms with Crippen LogP contribution in [0.2, 0.25) is 0 Å². The van der Waals surface area contributed by atoms with Crippen molar-refractivity contribution in [2.45, 2.75) is 51.1 Å². The fourth-order valence-corrected chi connectivity index (χ4v) is 5.30. The number of rotatable bonds is 9. The highest BCUT2D eigenvalue weighted by Gasteiger charge is 2.31. The number of benzene rings is 3. The molecule has 5 rings (SSSR count). The first-order valence-corrected chi connectivity index (χ1v) is 15.1. The number of carbonyl (C=O) groups excluding carboxylic acids is 1. The van der Waals surface area contributed by atoms with Gasteiger partial charge in [0.15, 0.2) is 0 Å². The molecule has 8 N–H and O–H groups in total. The van der Waals surface area contributed by atoms with Gasteiger partial charge in [-0.2, -0.15) is 0 Å². The first kappa shape index (κ1) is 34.8. The summed E-state index contributed by atoms with van der Waals surface area (Å²) in [6, 6.07) is 24.1. The third kappa shape index (κ3) is 10.5. The van der Waals surface area contributed by atoms with Gasteiger partial charge in [0, 0.05) is 47.1 Å². The molecule has 0 saturated carbocycles. The largest absolute Gasteiger partial charge is 0.497 e. The molecule has 0 spiro atoms. The van der Waals surface area contributed by atoms with Crippen LogP contribution in [0.25, 0.3) is 10.9 Å². The molecule has 4 aromatic rings. The molecule has 10 nitrogen and oxygen atoms in total. The number of carbonyl (C=O) groups is 1. The van der Waals surface area contributed by atoms with E-state index in [1.165, 1.54) is 22.0 Å². The molecule has 2 heterocycles. The average molecular weight is 614 g/mol. The molecule has 1 aliphatic heterocycles. The molecule has 0 unspecified atom stereocenters. The van der Waals surface area contributed by atoms with Gasteiger partial charge in [0.05, 0.1) is 20.8 Å². The Morgan fingerprint density at radius 1 is 0.978 bits per heavy atom. The van der Waals surface area contributed by atoms with Crippen LogP contribution in [-0.4, -0.2) is 60.8 Å². The van der Waals surface area contributed by atoms with Gasteiger partial charge in [0.1, 0.15) is 23.2 Å². The molecule has 10 heteroatoms. The van der Waals surface area contributed by atoms with Gasteiger partial charge in [-0.25, -0.2) is 0 Å². The van der Waals surface area contributed by atoms with E-state index >= 15 is 0 Å². The SMILES string of the molecule is COc1ccc(CN(C(=N)CCc2ccccc2)C(=N)CC2(N)CCNCC2)c(OC)c1.Cc1c[nH]c2ccccc12.NC=O. The summed E-state index contributed by atoms with van der Waals surface area (Å²) in [5.74, 6) is 2.18. The molecule has 3 aromatic carbocycles. The maximum atomic E-state index is 8.90. The molecule has 0 bridgehead atoms. The van der Waals surface area contributed by atoms with Gasteiger partial charge in [-0.15, -0.1) is 0 Å². The second kappa shape index (κ2) is 17.6. The van der Waals surface area contributed by atoms with Crippen molar-refractivity contribution in [1.29, 1.82) is 10.8 Å². The highest BCUT2D eigenvalue weighted by Crippen LogP contribution is 2.28. The number of ether oxygens (including phenoxy) is 2. The fraction of sp³-hybridized carbons (Fsp3) is 0.343. The molecule has 0 aliphatic carbocycles. The predicted molar refractivity (Wildman–Crippen MR) is 182 cm³/mol. The van der Waals surface area contributed by atoms with E-state index in [1.54, 1.807) is 19.1 Å². The number of nitrogens with one attached hydrogen (secondary N) is 4. The zero-order valence-corrected chi connectivity index (χ0v) is 26.6. The second-order valence-electron chi connectivity index (χ2n) is 11.1. The van der Waals surface area contributed by atoms with Crippen LogP contribution in [0, 0.1) is 17.7 Å². The van der Waals surface area contributed by atoms with Gasteiger partial charge >= 0.3 is 0 Å². The number of nitrogens with two attached hydrogens (primary N) is 2. The Morgan fingerprint density at radius 2 is 1.64 bits per heavy atom. The number of aromatic amines is 1. The lowest BCUT2D eigenvalue weighted by molar-refractivity contribution is -0.106. The minimum atomic E-state index is -0.412. The number of nitrogens with zero attached hydrogens (tertiary/aromatic N) is 1. The molecule has 1 amide bonds. The standard InChI is InChI=1S/C25H35N5O2.C9H9N.CH3NO/c1-31-21-10-9-20(22(16-21)32-2)18-30(23(26)11-8-19-6-4-3-5-7-19)24(27)17-25(28)12-14-29-15-13-25;1-7-6-10-9-5-3-2-4-8(7)9;2-1-3/h3-7,9-10,16,26-27,29H,8,11-15,17-18,28H2,1-2H3;2-6,10H,1H3;1H,(H2,2,3). The Kier molecular flexibility index (Phi) is 13.6. The van der Waals surface area contributed by atoms with E-state index in [4.69, 9.17) is 30.8 Å². The molecule has 1 saturated heterocycles. The number of piperidine rings is 1. The molecular weight excluding hydrogens is 566 g/mol. The van der Waals surface area contributed by atoms with Gasteiger partial charge in [-0.05, 0) is 68.6 Å². The first-order valence-electron chi connectivity index (χ1n) is 15.1. The Balaban J connectivity index is 0.000000350. The van der Waals surface area contributed by atoms with E-state index in [-0.39, 0.29) is 6.41 Å². The molecule has 1 fully saturated rings. The number of hydrogen-bond donors (Lipinski definition) is 6. The molecule has 240 valence electrons. The number of methoxy groups -OCH3 is 2. The van der Waals surface area contributed by atoms with Gasteiger partial charge in [-0.3, -0.25) is 15.6 Å². The van der Waals surface area contributed by atoms with Crippen molar-refractivity contribution >= 4 is 29.0 Å². The minimum absolute atomic E-state index is 0.250. The van der Waals surface area contributed by atoms with Crippen LogP contribution >= 0.6 is 0 Å². The smallest absolute Gasteiger partial charge is 0.204 e. The number of amidine groups is 2. The molecular formula is C35H47N7O3. The molecule has 1 aliphatic rings. The highest BCUT2D eigenvalue weighted by atomic mass is 16.5. The Hall–Kier alpha value is -4.67. The van der Waals surface area contributed by atoms with E-state index in [1.807, 2.05) is 48.7 Å². The van der Waals surface area contributed by atoms with Crippen molar-refractivity contribution in [1.82, 2.24) is 15.2 Å². The molecule has 0 radical (unpaired) electrons. The van der Waals surface area contributed by atoms with Crippen molar-refractivity contribution < 1.29 is 14.3 Å². The van der Waals surface area contributed by atoms with Crippen LogP contribution in [0.4, 0.5) is 0 Å². The summed E-state index contributed by atoms with van der Waals surface area (Å²) in [4.78, 5) is 13.6. The number of amides is 1. The van der Waals surface area contributed by atoms with Crippen LogP contribution in [0.5, 0.6) is 11.5 Å². The van der Waals surface area contributed by atoms with Crippen LogP contribution in [0.1, 0.15) is 42.4 Å². The summed E-state index contributed by atoms with van der Waals surface area (Å²) >= 11 is 0. The predicted octanol–water partition coefficient (Wildman–Crippen LogP) is 5.14. The maximum absolute atomic E-state index is 8.90. The van der Waals surface area contributed by atoms with Crippen molar-refractivity contribution in [3.05, 3.63) is 95.7 Å². The zero-order chi connectivity index (χ0) is 32.7. The number of aryl methyl sites for hydroxylation is 2. The van der Waals surface area contributed by atoms with Crippen molar-refractivity contribution in [2.24, 2.45) is 11.5 Å². The van der Waals surface area contributed by atoms with Gasteiger partial charge in [-0.1, -0.05) is 48.5 Å². The van der Waals surface area contributed by atoms with E-state index in [0.717, 1.165) is 37.9 Å². The normalized spacial score (nSPS) is 13.3. The third-order valence-corrected chi connectivity index (χ3v) is 7.88. The number of H-pyrrole nitrogens is 1. The van der Waals surface area contributed by atoms with Crippen LogP contribution in [0.15, 0.2) is 79.0 Å². The lowest BCUT2D eigenvalue weighted by atomic mass is 9.85. The third-order valence-electron chi connectivity index (χ3n) is 7.88. The van der Waals surface area contributed by atoms with Crippen molar-refractivity contribution in [3.63, 3.8) is 0 Å². The quantitative estimate of drug-likeness (QED) is 0.0868. The van der Waals surface area contributed by atoms with Gasteiger partial charge in [0.25, 0.3) is 0 Å². The van der Waals surface area contributed by atoms with Gasteiger partial charge < -0.3 is 36.1 Å². The number of aromatic nitrogens is 1. The summed E-state index contributed by atoms with van der Waals surface area (Å²) in [5, 5.41) is 22.4. The monoisotopic (exact) mass is 613 g/mol. The van der Waals surface area contributed by atoms with Crippen LogP contribution in [0.3, 0.4) is 0 Å². The van der Waals surface area contributed by atoms with Crippen LogP contribution in [-0.2, 0) is 17.8 Å². The van der Waals surface area contributed by atoms with Crippen LogP contribution < -0.4 is 26.3 Å². The first-order chi connectivity index (χ1) is 21.7. The lowest BCUT2D eigenvalue weighted by Gasteiger charge is -2.37. The molecule has 0 atom stereocenters. The lowest BCUT2D eigenvalue weighted by Crippen LogP contribution is -2.52. The van der Waals surface area contributed by atoms with E-state index in [0.29, 0.717) is 42.6 Å². The Labute approximate surface area is 266 Å².